The molecule has 2 heterocycles. The first-order chi connectivity index (χ1) is 11.8. The Morgan fingerprint density at radius 1 is 1.21 bits per heavy atom. The van der Waals surface area contributed by atoms with Gasteiger partial charge in [0.25, 0.3) is 0 Å². The lowest BCUT2D eigenvalue weighted by Crippen LogP contribution is -2.33. The second kappa shape index (κ2) is 6.91. The molecule has 1 aliphatic heterocycles. The number of piperidine rings is 1. The van der Waals surface area contributed by atoms with Crippen LogP contribution < -0.4 is 4.74 Å². The highest BCUT2D eigenvalue weighted by Gasteiger charge is 2.24. The number of rotatable bonds is 4. The molecule has 0 amide bonds. The van der Waals surface area contributed by atoms with Crippen LogP contribution in [0.3, 0.4) is 0 Å². The van der Waals surface area contributed by atoms with Gasteiger partial charge in [-0.2, -0.15) is 0 Å². The van der Waals surface area contributed by atoms with Gasteiger partial charge >= 0.3 is 0 Å². The van der Waals surface area contributed by atoms with Crippen LogP contribution in [0.2, 0.25) is 0 Å². The summed E-state index contributed by atoms with van der Waals surface area (Å²) < 4.78 is 6.64. The molecule has 0 saturated carbocycles. The monoisotopic (exact) mass is 338 g/mol. The van der Waals surface area contributed by atoms with Crippen LogP contribution in [0.1, 0.15) is 29.3 Å². The lowest BCUT2D eigenvalue weighted by molar-refractivity contribution is 0.200. The highest BCUT2D eigenvalue weighted by atomic mass is 32.1. The van der Waals surface area contributed by atoms with Gasteiger partial charge in [-0.15, -0.1) is 11.3 Å². The molecule has 4 rings (SSSR count). The predicted octanol–water partition coefficient (Wildman–Crippen LogP) is 4.68. The minimum Gasteiger partial charge on any atom is -0.497 e. The minimum atomic E-state index is 0.557. The van der Waals surface area contributed by atoms with E-state index in [9.17, 15) is 0 Å². The SMILES string of the molecule is COc1cccc(CN2CCC[C@@H](c3nc4ccccc4s3)C2)c1. The maximum absolute atomic E-state index is 5.34. The van der Waals surface area contributed by atoms with Gasteiger partial charge in [0.05, 0.1) is 22.3 Å². The second-order valence-corrected chi connectivity index (χ2v) is 7.51. The van der Waals surface area contributed by atoms with Crippen molar-refractivity contribution in [1.82, 2.24) is 9.88 Å². The molecule has 24 heavy (non-hydrogen) atoms. The molecule has 2 aromatic carbocycles. The molecule has 1 fully saturated rings. The fourth-order valence-corrected chi connectivity index (χ4v) is 4.59. The number of methoxy groups -OCH3 is 1. The normalized spacial score (nSPS) is 18.8. The van der Waals surface area contributed by atoms with E-state index in [0.717, 1.165) is 24.4 Å². The number of para-hydroxylation sites is 1. The molecular formula is C20H22N2OS. The van der Waals surface area contributed by atoms with Crippen molar-refractivity contribution >= 4 is 21.6 Å². The first-order valence-corrected chi connectivity index (χ1v) is 9.34. The van der Waals surface area contributed by atoms with E-state index in [4.69, 9.17) is 9.72 Å². The Labute approximate surface area is 146 Å². The van der Waals surface area contributed by atoms with Gasteiger partial charge in [-0.25, -0.2) is 4.98 Å². The number of fused-ring (bicyclic) bond motifs is 1. The van der Waals surface area contributed by atoms with Crippen molar-refractivity contribution in [3.05, 3.63) is 59.1 Å². The van der Waals surface area contributed by atoms with Crippen molar-refractivity contribution < 1.29 is 4.74 Å². The zero-order chi connectivity index (χ0) is 16.4. The van der Waals surface area contributed by atoms with E-state index in [0.29, 0.717) is 5.92 Å². The maximum Gasteiger partial charge on any atom is 0.119 e. The molecular weight excluding hydrogens is 316 g/mol. The lowest BCUT2D eigenvalue weighted by atomic mass is 9.98. The van der Waals surface area contributed by atoms with Crippen molar-refractivity contribution in [3.63, 3.8) is 0 Å². The summed E-state index contributed by atoms with van der Waals surface area (Å²) in [6.45, 7) is 3.24. The van der Waals surface area contributed by atoms with Gasteiger partial charge in [-0.05, 0) is 49.2 Å². The fraction of sp³-hybridized carbons (Fsp3) is 0.350. The average molecular weight is 338 g/mol. The number of ether oxygens (including phenoxy) is 1. The zero-order valence-electron chi connectivity index (χ0n) is 13.9. The molecule has 3 aromatic rings. The van der Waals surface area contributed by atoms with Crippen LogP contribution in [0, 0.1) is 0 Å². The number of nitrogens with zero attached hydrogens (tertiary/aromatic N) is 2. The summed E-state index contributed by atoms with van der Waals surface area (Å²) in [5.74, 6) is 1.49. The summed E-state index contributed by atoms with van der Waals surface area (Å²) in [5, 5.41) is 1.30. The molecule has 4 heteroatoms. The molecule has 1 aliphatic rings. The van der Waals surface area contributed by atoms with Gasteiger partial charge < -0.3 is 4.74 Å². The smallest absolute Gasteiger partial charge is 0.119 e. The molecule has 0 unspecified atom stereocenters. The molecule has 0 aliphatic carbocycles. The molecule has 0 radical (unpaired) electrons. The van der Waals surface area contributed by atoms with Crippen molar-refractivity contribution in [2.75, 3.05) is 20.2 Å². The summed E-state index contributed by atoms with van der Waals surface area (Å²) in [6, 6.07) is 16.9. The number of hydrogen-bond acceptors (Lipinski definition) is 4. The van der Waals surface area contributed by atoms with Crippen molar-refractivity contribution in [2.24, 2.45) is 0 Å². The standard InChI is InChI=1S/C20H22N2OS/c1-23-17-8-4-6-15(12-17)13-22-11-5-7-16(14-22)20-21-18-9-2-3-10-19(18)24-20/h2-4,6,8-10,12,16H,5,7,11,13-14H2,1H3/t16-/m1/s1. The van der Waals surface area contributed by atoms with Crippen molar-refractivity contribution in [3.8, 4) is 5.75 Å². The molecule has 0 N–H and O–H groups in total. The van der Waals surface area contributed by atoms with E-state index in [1.54, 1.807) is 7.11 Å². The predicted molar refractivity (Wildman–Crippen MR) is 99.9 cm³/mol. The maximum atomic E-state index is 5.34. The Kier molecular flexibility index (Phi) is 4.50. The van der Waals surface area contributed by atoms with E-state index in [1.165, 1.54) is 34.7 Å². The molecule has 0 bridgehead atoms. The quantitative estimate of drug-likeness (QED) is 0.690. The van der Waals surface area contributed by atoms with E-state index >= 15 is 0 Å². The first-order valence-electron chi connectivity index (χ1n) is 8.52. The van der Waals surface area contributed by atoms with Crippen molar-refractivity contribution in [1.29, 1.82) is 0 Å². The Morgan fingerprint density at radius 2 is 2.12 bits per heavy atom. The lowest BCUT2D eigenvalue weighted by Gasteiger charge is -2.31. The molecule has 1 aromatic heterocycles. The topological polar surface area (TPSA) is 25.4 Å². The Morgan fingerprint density at radius 3 is 3.00 bits per heavy atom. The zero-order valence-corrected chi connectivity index (χ0v) is 14.8. The summed E-state index contributed by atoms with van der Waals surface area (Å²) in [4.78, 5) is 7.43. The van der Waals surface area contributed by atoms with Gasteiger partial charge in [0.15, 0.2) is 0 Å². The fourth-order valence-electron chi connectivity index (χ4n) is 3.49. The van der Waals surface area contributed by atoms with Crippen LogP contribution in [0.5, 0.6) is 5.75 Å². The van der Waals surface area contributed by atoms with E-state index in [1.807, 2.05) is 17.4 Å². The van der Waals surface area contributed by atoms with E-state index in [2.05, 4.69) is 47.4 Å². The molecule has 3 nitrogen and oxygen atoms in total. The highest BCUT2D eigenvalue weighted by molar-refractivity contribution is 7.18. The summed E-state index contributed by atoms with van der Waals surface area (Å²) in [7, 11) is 1.73. The molecule has 124 valence electrons. The third kappa shape index (κ3) is 3.30. The Bertz CT molecular complexity index is 796. The van der Waals surface area contributed by atoms with Gasteiger partial charge in [0.2, 0.25) is 0 Å². The Hall–Kier alpha value is -1.91. The van der Waals surface area contributed by atoms with Crippen LogP contribution in [0.25, 0.3) is 10.2 Å². The number of likely N-dealkylation sites (tertiary alicyclic amines) is 1. The summed E-state index contributed by atoms with van der Waals surface area (Å²) in [6.07, 6.45) is 2.49. The first kappa shape index (κ1) is 15.6. The average Bonchev–Trinajstić information content (AvgIpc) is 3.06. The van der Waals surface area contributed by atoms with E-state index < -0.39 is 0 Å². The number of thiazole rings is 1. The van der Waals surface area contributed by atoms with Crippen LogP contribution >= 0.6 is 11.3 Å². The van der Waals surface area contributed by atoms with Gasteiger partial charge in [0.1, 0.15) is 5.75 Å². The van der Waals surface area contributed by atoms with Crippen LogP contribution in [-0.4, -0.2) is 30.1 Å². The molecule has 0 spiro atoms. The minimum absolute atomic E-state index is 0.557. The van der Waals surface area contributed by atoms with Gasteiger partial charge in [-0.1, -0.05) is 24.3 Å². The highest BCUT2D eigenvalue weighted by Crippen LogP contribution is 2.33. The number of hydrogen-bond donors (Lipinski definition) is 0. The Balaban J connectivity index is 1.48. The van der Waals surface area contributed by atoms with Crippen molar-refractivity contribution in [2.45, 2.75) is 25.3 Å². The third-order valence-electron chi connectivity index (χ3n) is 4.71. The summed E-state index contributed by atoms with van der Waals surface area (Å²) in [5.41, 5.74) is 2.46. The van der Waals surface area contributed by atoms with Crippen LogP contribution in [-0.2, 0) is 6.54 Å². The molecule has 1 saturated heterocycles. The van der Waals surface area contributed by atoms with Gasteiger partial charge in [0, 0.05) is 19.0 Å². The third-order valence-corrected chi connectivity index (χ3v) is 5.90. The number of aromatic nitrogens is 1. The van der Waals surface area contributed by atoms with Crippen LogP contribution in [0.15, 0.2) is 48.5 Å². The number of benzene rings is 2. The van der Waals surface area contributed by atoms with Crippen LogP contribution in [0.4, 0.5) is 0 Å². The summed E-state index contributed by atoms with van der Waals surface area (Å²) >= 11 is 1.86. The largest absolute Gasteiger partial charge is 0.497 e. The van der Waals surface area contributed by atoms with Gasteiger partial charge in [-0.3, -0.25) is 4.90 Å². The van der Waals surface area contributed by atoms with E-state index in [-0.39, 0.29) is 0 Å². The molecule has 1 atom stereocenters. The second-order valence-electron chi connectivity index (χ2n) is 6.45.